The van der Waals surface area contributed by atoms with Crippen molar-refractivity contribution in [3.05, 3.63) is 29.8 Å². The molecule has 1 heterocycles. The molecular formula is C14H20N2O2. The molecule has 0 fully saturated rings. The van der Waals surface area contributed by atoms with Gasteiger partial charge in [-0.3, -0.25) is 4.79 Å². The fraction of sp³-hybridized carbons (Fsp3) is 0.500. The van der Waals surface area contributed by atoms with Crippen molar-refractivity contribution in [2.45, 2.75) is 31.9 Å². The number of anilines is 1. The van der Waals surface area contributed by atoms with Gasteiger partial charge in [0, 0.05) is 19.3 Å². The minimum atomic E-state index is -0.135. The third-order valence-electron chi connectivity index (χ3n) is 3.33. The van der Waals surface area contributed by atoms with Gasteiger partial charge in [-0.05, 0) is 31.4 Å². The van der Waals surface area contributed by atoms with Crippen molar-refractivity contribution in [2.24, 2.45) is 0 Å². The van der Waals surface area contributed by atoms with Crippen LogP contribution in [-0.4, -0.2) is 31.7 Å². The lowest BCUT2D eigenvalue weighted by Crippen LogP contribution is -2.44. The number of hydrogen-bond acceptors (Lipinski definition) is 3. The summed E-state index contributed by atoms with van der Waals surface area (Å²) in [5.74, 6) is 0.0494. The molecule has 1 aliphatic rings. The fourth-order valence-electron chi connectivity index (χ4n) is 2.09. The van der Waals surface area contributed by atoms with Crippen LogP contribution in [0, 0.1) is 0 Å². The van der Waals surface area contributed by atoms with Crippen LogP contribution in [0.3, 0.4) is 0 Å². The number of para-hydroxylation sites is 1. The molecule has 0 aliphatic carbocycles. The Balaban J connectivity index is 1.90. The van der Waals surface area contributed by atoms with Crippen LogP contribution in [0.1, 0.15) is 18.9 Å². The smallest absolute Gasteiger partial charge is 0.242 e. The molecule has 4 heteroatoms. The van der Waals surface area contributed by atoms with E-state index in [1.807, 2.05) is 25.1 Å². The Labute approximate surface area is 108 Å². The maximum absolute atomic E-state index is 12.0. The van der Waals surface area contributed by atoms with E-state index in [0.29, 0.717) is 6.54 Å². The summed E-state index contributed by atoms with van der Waals surface area (Å²) in [6.07, 6.45) is 1.83. The van der Waals surface area contributed by atoms with Gasteiger partial charge in [0.1, 0.15) is 6.04 Å². The number of fused-ring (bicyclic) bond motifs is 1. The fourth-order valence-corrected chi connectivity index (χ4v) is 2.09. The molecule has 1 aromatic carbocycles. The molecule has 0 radical (unpaired) electrons. The van der Waals surface area contributed by atoms with Gasteiger partial charge in [0.2, 0.25) is 5.91 Å². The van der Waals surface area contributed by atoms with Crippen LogP contribution in [0.4, 0.5) is 5.69 Å². The second-order valence-electron chi connectivity index (χ2n) is 4.68. The van der Waals surface area contributed by atoms with Gasteiger partial charge in [0.15, 0.2) is 0 Å². The van der Waals surface area contributed by atoms with E-state index in [0.717, 1.165) is 18.5 Å². The first-order valence-electron chi connectivity index (χ1n) is 6.35. The Morgan fingerprint density at radius 3 is 3.11 bits per heavy atom. The van der Waals surface area contributed by atoms with Crippen molar-refractivity contribution in [3.63, 3.8) is 0 Å². The van der Waals surface area contributed by atoms with Crippen molar-refractivity contribution in [2.75, 3.05) is 19.0 Å². The zero-order valence-corrected chi connectivity index (χ0v) is 10.9. The summed E-state index contributed by atoms with van der Waals surface area (Å²) in [5, 5.41) is 6.19. The largest absolute Gasteiger partial charge is 0.380 e. The Bertz CT molecular complexity index is 420. The van der Waals surface area contributed by atoms with Gasteiger partial charge < -0.3 is 15.4 Å². The average Bonchev–Trinajstić information content (AvgIpc) is 2.43. The maximum atomic E-state index is 12.0. The highest BCUT2D eigenvalue weighted by Crippen LogP contribution is 2.24. The van der Waals surface area contributed by atoms with Crippen molar-refractivity contribution in [1.29, 1.82) is 0 Å². The standard InChI is InChI=1S/C14H20N2O2/c1-10(18-2)9-15-14(17)13-8-7-11-5-3-4-6-12(11)16-13/h3-6,10,13,16H,7-9H2,1-2H3,(H,15,17). The van der Waals surface area contributed by atoms with Crippen LogP contribution in [0.2, 0.25) is 0 Å². The quantitative estimate of drug-likeness (QED) is 0.850. The first-order valence-corrected chi connectivity index (χ1v) is 6.35. The topological polar surface area (TPSA) is 50.4 Å². The summed E-state index contributed by atoms with van der Waals surface area (Å²) >= 11 is 0. The molecule has 0 aromatic heterocycles. The highest BCUT2D eigenvalue weighted by Gasteiger charge is 2.23. The number of aryl methyl sites for hydroxylation is 1. The average molecular weight is 248 g/mol. The molecule has 0 saturated carbocycles. The van der Waals surface area contributed by atoms with E-state index >= 15 is 0 Å². The number of methoxy groups -OCH3 is 1. The summed E-state index contributed by atoms with van der Waals surface area (Å²) in [7, 11) is 1.64. The normalized spacial score (nSPS) is 19.6. The summed E-state index contributed by atoms with van der Waals surface area (Å²) in [4.78, 5) is 12.0. The second-order valence-corrected chi connectivity index (χ2v) is 4.68. The first-order chi connectivity index (χ1) is 8.70. The van der Waals surface area contributed by atoms with Gasteiger partial charge in [0.05, 0.1) is 6.10 Å². The highest BCUT2D eigenvalue weighted by atomic mass is 16.5. The minimum absolute atomic E-state index is 0.0461. The number of rotatable bonds is 4. The van der Waals surface area contributed by atoms with E-state index in [-0.39, 0.29) is 18.1 Å². The molecule has 2 atom stereocenters. The van der Waals surface area contributed by atoms with Crippen molar-refractivity contribution in [3.8, 4) is 0 Å². The molecule has 0 spiro atoms. The van der Waals surface area contributed by atoms with Crippen LogP contribution in [0.25, 0.3) is 0 Å². The number of nitrogens with one attached hydrogen (secondary N) is 2. The predicted molar refractivity (Wildman–Crippen MR) is 71.7 cm³/mol. The number of benzene rings is 1. The number of ether oxygens (including phenoxy) is 1. The van der Waals surface area contributed by atoms with E-state index in [1.165, 1.54) is 5.56 Å². The van der Waals surface area contributed by atoms with Crippen molar-refractivity contribution >= 4 is 11.6 Å². The summed E-state index contributed by atoms with van der Waals surface area (Å²) < 4.78 is 5.11. The third kappa shape index (κ3) is 3.01. The van der Waals surface area contributed by atoms with E-state index in [2.05, 4.69) is 16.7 Å². The lowest BCUT2D eigenvalue weighted by molar-refractivity contribution is -0.122. The monoisotopic (exact) mass is 248 g/mol. The zero-order valence-electron chi connectivity index (χ0n) is 10.9. The summed E-state index contributed by atoms with van der Waals surface area (Å²) in [6, 6.07) is 8.00. The van der Waals surface area contributed by atoms with Crippen molar-refractivity contribution in [1.82, 2.24) is 5.32 Å². The SMILES string of the molecule is COC(C)CNC(=O)C1CCc2ccccc2N1. The number of amides is 1. The Kier molecular flexibility index (Phi) is 4.20. The van der Waals surface area contributed by atoms with Crippen LogP contribution >= 0.6 is 0 Å². The minimum Gasteiger partial charge on any atom is -0.380 e. The van der Waals surface area contributed by atoms with Gasteiger partial charge >= 0.3 is 0 Å². The maximum Gasteiger partial charge on any atom is 0.242 e. The Morgan fingerprint density at radius 2 is 2.33 bits per heavy atom. The number of hydrogen-bond donors (Lipinski definition) is 2. The summed E-state index contributed by atoms with van der Waals surface area (Å²) in [5.41, 5.74) is 2.36. The second kappa shape index (κ2) is 5.87. The van der Waals surface area contributed by atoms with Gasteiger partial charge in [-0.1, -0.05) is 18.2 Å². The highest BCUT2D eigenvalue weighted by molar-refractivity contribution is 5.85. The van der Waals surface area contributed by atoms with E-state index < -0.39 is 0 Å². The van der Waals surface area contributed by atoms with E-state index in [4.69, 9.17) is 4.74 Å². The number of carbonyl (C=O) groups excluding carboxylic acids is 1. The third-order valence-corrected chi connectivity index (χ3v) is 3.33. The molecule has 4 nitrogen and oxygen atoms in total. The first kappa shape index (κ1) is 12.9. The van der Waals surface area contributed by atoms with Crippen LogP contribution < -0.4 is 10.6 Å². The number of carbonyl (C=O) groups is 1. The zero-order chi connectivity index (χ0) is 13.0. The van der Waals surface area contributed by atoms with Gasteiger partial charge in [-0.25, -0.2) is 0 Å². The lowest BCUT2D eigenvalue weighted by atomic mass is 9.98. The molecule has 1 amide bonds. The van der Waals surface area contributed by atoms with Crippen LogP contribution in [-0.2, 0) is 16.0 Å². The molecule has 98 valence electrons. The predicted octanol–water partition coefficient (Wildman–Crippen LogP) is 1.56. The van der Waals surface area contributed by atoms with Crippen molar-refractivity contribution < 1.29 is 9.53 Å². The lowest BCUT2D eigenvalue weighted by Gasteiger charge is -2.26. The molecule has 1 aromatic rings. The molecule has 0 bridgehead atoms. The Morgan fingerprint density at radius 1 is 1.56 bits per heavy atom. The van der Waals surface area contributed by atoms with E-state index in [9.17, 15) is 4.79 Å². The van der Waals surface area contributed by atoms with Crippen LogP contribution in [0.15, 0.2) is 24.3 Å². The Hall–Kier alpha value is -1.55. The molecule has 1 aliphatic heterocycles. The molecule has 2 N–H and O–H groups in total. The molecule has 18 heavy (non-hydrogen) atoms. The van der Waals surface area contributed by atoms with E-state index in [1.54, 1.807) is 7.11 Å². The van der Waals surface area contributed by atoms with Gasteiger partial charge in [-0.15, -0.1) is 0 Å². The molecule has 0 saturated heterocycles. The molecule has 2 unspecified atom stereocenters. The van der Waals surface area contributed by atoms with Crippen LogP contribution in [0.5, 0.6) is 0 Å². The van der Waals surface area contributed by atoms with Gasteiger partial charge in [-0.2, -0.15) is 0 Å². The molecular weight excluding hydrogens is 228 g/mol. The molecule has 2 rings (SSSR count). The summed E-state index contributed by atoms with van der Waals surface area (Å²) in [6.45, 7) is 2.49. The van der Waals surface area contributed by atoms with Gasteiger partial charge in [0.25, 0.3) is 0 Å².